The summed E-state index contributed by atoms with van der Waals surface area (Å²) in [6.07, 6.45) is 8.64. The molecule has 2 amide bonds. The van der Waals surface area contributed by atoms with Gasteiger partial charge in [0, 0.05) is 39.6 Å². The van der Waals surface area contributed by atoms with Crippen molar-refractivity contribution in [3.8, 4) is 0 Å². The summed E-state index contributed by atoms with van der Waals surface area (Å²) < 4.78 is 28.2. The van der Waals surface area contributed by atoms with Crippen molar-refractivity contribution in [1.82, 2.24) is 14.8 Å². The SMILES string of the molecule is CN(C)C(=O)c1cn(CC2CCCCC2)cc(C(=O)NCc2ccc(F)c(F)c2)c1=O. The van der Waals surface area contributed by atoms with Crippen LogP contribution in [0.2, 0.25) is 0 Å². The second kappa shape index (κ2) is 9.85. The molecule has 3 rings (SSSR count). The fourth-order valence-corrected chi connectivity index (χ4v) is 3.89. The number of carbonyl (C=O) groups is 2. The summed E-state index contributed by atoms with van der Waals surface area (Å²) >= 11 is 0. The Bertz CT molecular complexity index is 1030. The molecule has 1 saturated carbocycles. The van der Waals surface area contributed by atoms with E-state index in [0.717, 1.165) is 37.8 Å². The molecule has 1 fully saturated rings. The third-order valence-electron chi connectivity index (χ3n) is 5.59. The number of rotatable bonds is 6. The van der Waals surface area contributed by atoms with Crippen LogP contribution in [0.3, 0.4) is 0 Å². The topological polar surface area (TPSA) is 71.4 Å². The minimum Gasteiger partial charge on any atom is -0.352 e. The van der Waals surface area contributed by atoms with E-state index >= 15 is 0 Å². The van der Waals surface area contributed by atoms with Gasteiger partial charge in [-0.3, -0.25) is 14.4 Å². The van der Waals surface area contributed by atoms with E-state index in [0.29, 0.717) is 18.0 Å². The third-order valence-corrected chi connectivity index (χ3v) is 5.59. The van der Waals surface area contributed by atoms with Gasteiger partial charge < -0.3 is 14.8 Å². The van der Waals surface area contributed by atoms with E-state index in [1.165, 1.54) is 29.8 Å². The van der Waals surface area contributed by atoms with Crippen molar-refractivity contribution in [2.75, 3.05) is 14.1 Å². The highest BCUT2D eigenvalue weighted by molar-refractivity contribution is 5.98. The molecule has 2 aromatic rings. The largest absolute Gasteiger partial charge is 0.352 e. The van der Waals surface area contributed by atoms with E-state index in [1.54, 1.807) is 18.7 Å². The van der Waals surface area contributed by atoms with Crippen LogP contribution in [0.1, 0.15) is 58.4 Å². The molecule has 0 unspecified atom stereocenters. The van der Waals surface area contributed by atoms with Crippen LogP contribution in [-0.4, -0.2) is 35.4 Å². The number of benzene rings is 1. The zero-order valence-electron chi connectivity index (χ0n) is 17.8. The Morgan fingerprint density at radius 1 is 1.06 bits per heavy atom. The first-order valence-corrected chi connectivity index (χ1v) is 10.4. The van der Waals surface area contributed by atoms with Crippen molar-refractivity contribution in [3.05, 3.63) is 69.1 Å². The molecule has 1 aromatic heterocycles. The van der Waals surface area contributed by atoms with Crippen molar-refractivity contribution in [2.24, 2.45) is 5.92 Å². The van der Waals surface area contributed by atoms with E-state index in [4.69, 9.17) is 0 Å². The monoisotopic (exact) mass is 431 g/mol. The van der Waals surface area contributed by atoms with E-state index in [-0.39, 0.29) is 17.7 Å². The fourth-order valence-electron chi connectivity index (χ4n) is 3.89. The minimum absolute atomic E-state index is 0.0683. The zero-order valence-corrected chi connectivity index (χ0v) is 17.8. The van der Waals surface area contributed by atoms with Crippen LogP contribution in [-0.2, 0) is 13.1 Å². The molecular weight excluding hydrogens is 404 g/mol. The highest BCUT2D eigenvalue weighted by Crippen LogP contribution is 2.25. The van der Waals surface area contributed by atoms with Crippen molar-refractivity contribution in [3.63, 3.8) is 0 Å². The standard InChI is InChI=1S/C23H27F2N3O3/c1-27(2)23(31)18-14-28(12-15-6-4-3-5-7-15)13-17(21(18)29)22(30)26-11-16-8-9-19(24)20(25)10-16/h8-10,13-15H,3-7,11-12H2,1-2H3,(H,26,30). The van der Waals surface area contributed by atoms with Gasteiger partial charge in [-0.25, -0.2) is 8.78 Å². The van der Waals surface area contributed by atoms with Gasteiger partial charge in [0.1, 0.15) is 11.1 Å². The van der Waals surface area contributed by atoms with Gasteiger partial charge in [-0.05, 0) is 36.5 Å². The molecule has 0 spiro atoms. The molecule has 1 aliphatic carbocycles. The smallest absolute Gasteiger partial charge is 0.258 e. The molecule has 31 heavy (non-hydrogen) atoms. The molecule has 0 aliphatic heterocycles. The van der Waals surface area contributed by atoms with Gasteiger partial charge in [-0.2, -0.15) is 0 Å². The van der Waals surface area contributed by atoms with Gasteiger partial charge in [-0.1, -0.05) is 25.3 Å². The predicted octanol–water partition coefficient (Wildman–Crippen LogP) is 3.34. The van der Waals surface area contributed by atoms with Crippen molar-refractivity contribution in [1.29, 1.82) is 0 Å². The predicted molar refractivity (Wildman–Crippen MR) is 113 cm³/mol. The average Bonchev–Trinajstić information content (AvgIpc) is 2.75. The van der Waals surface area contributed by atoms with Crippen molar-refractivity contribution >= 4 is 11.8 Å². The van der Waals surface area contributed by atoms with Crippen LogP contribution in [0.5, 0.6) is 0 Å². The summed E-state index contributed by atoms with van der Waals surface area (Å²) in [4.78, 5) is 39.5. The molecule has 0 saturated heterocycles. The second-order valence-electron chi connectivity index (χ2n) is 8.25. The molecule has 8 heteroatoms. The Hall–Kier alpha value is -3.03. The lowest BCUT2D eigenvalue weighted by Crippen LogP contribution is -2.35. The van der Waals surface area contributed by atoms with Gasteiger partial charge >= 0.3 is 0 Å². The Morgan fingerprint density at radius 3 is 2.39 bits per heavy atom. The molecule has 0 bridgehead atoms. The average molecular weight is 431 g/mol. The van der Waals surface area contributed by atoms with Gasteiger partial charge in [0.05, 0.1) is 0 Å². The third kappa shape index (κ3) is 5.57. The number of hydrogen-bond donors (Lipinski definition) is 1. The summed E-state index contributed by atoms with van der Waals surface area (Å²) in [7, 11) is 3.09. The number of amides is 2. The zero-order chi connectivity index (χ0) is 22.5. The van der Waals surface area contributed by atoms with E-state index < -0.39 is 28.9 Å². The molecule has 1 aromatic carbocycles. The van der Waals surface area contributed by atoms with E-state index in [1.807, 2.05) is 0 Å². The maximum absolute atomic E-state index is 13.4. The van der Waals surface area contributed by atoms with Crippen LogP contribution < -0.4 is 10.7 Å². The number of hydrogen-bond acceptors (Lipinski definition) is 3. The van der Waals surface area contributed by atoms with Crippen LogP contribution in [0, 0.1) is 17.6 Å². The van der Waals surface area contributed by atoms with Crippen LogP contribution in [0.15, 0.2) is 35.4 Å². The van der Waals surface area contributed by atoms with Crippen molar-refractivity contribution < 1.29 is 18.4 Å². The summed E-state index contributed by atoms with van der Waals surface area (Å²) in [5, 5.41) is 2.56. The van der Waals surface area contributed by atoms with Gasteiger partial charge in [0.15, 0.2) is 11.6 Å². The number of halogens is 2. The number of pyridine rings is 1. The fraction of sp³-hybridized carbons (Fsp3) is 0.435. The maximum Gasteiger partial charge on any atom is 0.258 e. The van der Waals surface area contributed by atoms with E-state index in [9.17, 15) is 23.2 Å². The first-order valence-electron chi connectivity index (χ1n) is 10.4. The van der Waals surface area contributed by atoms with Gasteiger partial charge in [0.2, 0.25) is 5.43 Å². The lowest BCUT2D eigenvalue weighted by molar-refractivity contribution is 0.0825. The van der Waals surface area contributed by atoms with E-state index in [2.05, 4.69) is 5.32 Å². The van der Waals surface area contributed by atoms with Gasteiger partial charge in [0.25, 0.3) is 11.8 Å². The molecule has 166 valence electrons. The first-order chi connectivity index (χ1) is 14.8. The molecule has 0 atom stereocenters. The summed E-state index contributed by atoms with van der Waals surface area (Å²) in [6.45, 7) is 0.543. The van der Waals surface area contributed by atoms with Crippen LogP contribution in [0.4, 0.5) is 8.78 Å². The first kappa shape index (κ1) is 22.7. The lowest BCUT2D eigenvalue weighted by Gasteiger charge is -2.23. The quantitative estimate of drug-likeness (QED) is 0.763. The Morgan fingerprint density at radius 2 is 1.74 bits per heavy atom. The van der Waals surface area contributed by atoms with Crippen molar-refractivity contribution in [2.45, 2.75) is 45.2 Å². The molecule has 6 nitrogen and oxygen atoms in total. The minimum atomic E-state index is -1.01. The summed E-state index contributed by atoms with van der Waals surface area (Å²) in [6, 6.07) is 3.32. The second-order valence-corrected chi connectivity index (χ2v) is 8.25. The highest BCUT2D eigenvalue weighted by Gasteiger charge is 2.22. The normalized spacial score (nSPS) is 14.3. The molecular formula is C23H27F2N3O3. The van der Waals surface area contributed by atoms with Crippen LogP contribution >= 0.6 is 0 Å². The number of nitrogens with one attached hydrogen (secondary N) is 1. The molecule has 1 N–H and O–H groups in total. The van der Waals surface area contributed by atoms with Crippen LogP contribution in [0.25, 0.3) is 0 Å². The number of aromatic nitrogens is 1. The number of nitrogens with zero attached hydrogens (tertiary/aromatic N) is 2. The van der Waals surface area contributed by atoms with Gasteiger partial charge in [-0.15, -0.1) is 0 Å². The Balaban J connectivity index is 1.86. The lowest BCUT2D eigenvalue weighted by atomic mass is 9.89. The molecule has 1 heterocycles. The summed E-state index contributed by atoms with van der Waals surface area (Å²) in [5.74, 6) is -2.70. The summed E-state index contributed by atoms with van der Waals surface area (Å²) in [5.41, 5.74) is -0.510. The Kier molecular flexibility index (Phi) is 7.20. The Labute approximate surface area is 179 Å². The maximum atomic E-state index is 13.4. The molecule has 0 radical (unpaired) electrons. The number of carbonyl (C=O) groups excluding carboxylic acids is 2. The highest BCUT2D eigenvalue weighted by atomic mass is 19.2. The molecule has 1 aliphatic rings.